The molecule has 118 valence electrons. The Bertz CT molecular complexity index is 480. The minimum atomic E-state index is -4.37. The largest absolute Gasteiger partial charge is 0.416 e. The Morgan fingerprint density at radius 1 is 1.33 bits per heavy atom. The monoisotopic (exact) mass is 302 g/mol. The highest BCUT2D eigenvalue weighted by molar-refractivity contribution is 5.52. The molecule has 0 saturated carbocycles. The molecule has 6 heteroatoms. The van der Waals surface area contributed by atoms with Crippen LogP contribution in [0.2, 0.25) is 0 Å². The van der Waals surface area contributed by atoms with Crippen LogP contribution in [0.1, 0.15) is 30.9 Å². The van der Waals surface area contributed by atoms with Crippen LogP contribution in [0.4, 0.5) is 18.9 Å². The van der Waals surface area contributed by atoms with E-state index in [0.717, 1.165) is 37.7 Å². The summed E-state index contributed by atoms with van der Waals surface area (Å²) in [5, 5.41) is 9.58. The smallest absolute Gasteiger partial charge is 0.393 e. The van der Waals surface area contributed by atoms with Gasteiger partial charge in [-0.3, -0.25) is 0 Å². The second-order valence-corrected chi connectivity index (χ2v) is 5.61. The zero-order valence-electron chi connectivity index (χ0n) is 12.0. The van der Waals surface area contributed by atoms with E-state index in [0.29, 0.717) is 0 Å². The fourth-order valence-electron chi connectivity index (χ4n) is 2.86. The average molecular weight is 302 g/mol. The number of hydrogen-bond acceptors (Lipinski definition) is 3. The molecule has 21 heavy (non-hydrogen) atoms. The van der Waals surface area contributed by atoms with Gasteiger partial charge in [-0.25, -0.2) is 0 Å². The van der Waals surface area contributed by atoms with Gasteiger partial charge in [0.15, 0.2) is 0 Å². The number of nitrogens with zero attached hydrogens (tertiary/aromatic N) is 1. The Morgan fingerprint density at radius 2 is 1.95 bits per heavy atom. The zero-order valence-corrected chi connectivity index (χ0v) is 12.0. The number of anilines is 1. The molecule has 1 atom stereocenters. The maximum Gasteiger partial charge on any atom is 0.416 e. The van der Waals surface area contributed by atoms with Crippen molar-refractivity contribution in [2.75, 3.05) is 18.0 Å². The highest BCUT2D eigenvalue weighted by Gasteiger charge is 2.33. The van der Waals surface area contributed by atoms with Crippen molar-refractivity contribution in [3.05, 3.63) is 29.3 Å². The van der Waals surface area contributed by atoms with E-state index in [4.69, 9.17) is 5.73 Å². The minimum absolute atomic E-state index is 0.123. The Kier molecular flexibility index (Phi) is 4.78. The Morgan fingerprint density at radius 3 is 2.43 bits per heavy atom. The van der Waals surface area contributed by atoms with Crippen molar-refractivity contribution in [2.45, 2.75) is 38.6 Å². The average Bonchev–Trinajstić information content (AvgIpc) is 2.45. The van der Waals surface area contributed by atoms with Gasteiger partial charge in [0.1, 0.15) is 0 Å². The molecule has 1 aromatic carbocycles. The molecule has 0 aromatic heterocycles. The molecule has 0 aliphatic carbocycles. The number of nitrogens with two attached hydrogens (primary N) is 1. The molecule has 1 aromatic rings. The van der Waals surface area contributed by atoms with Crippen LogP contribution < -0.4 is 10.6 Å². The molecule has 1 heterocycles. The van der Waals surface area contributed by atoms with Gasteiger partial charge in [0.25, 0.3) is 0 Å². The SMILES string of the molecule is CC(O)C1CCN(c2ccc(C(F)(F)F)c(CN)c2)CC1. The maximum atomic E-state index is 12.9. The van der Waals surface area contributed by atoms with Crippen LogP contribution in [0.5, 0.6) is 0 Å². The molecule has 0 spiro atoms. The third kappa shape index (κ3) is 3.68. The van der Waals surface area contributed by atoms with E-state index in [1.54, 1.807) is 6.92 Å². The summed E-state index contributed by atoms with van der Waals surface area (Å²) in [7, 11) is 0. The topological polar surface area (TPSA) is 49.5 Å². The molecule has 1 fully saturated rings. The predicted octanol–water partition coefficient (Wildman–Crippen LogP) is 2.76. The predicted molar refractivity (Wildman–Crippen MR) is 76.0 cm³/mol. The summed E-state index contributed by atoms with van der Waals surface area (Å²) in [6.45, 7) is 3.13. The van der Waals surface area contributed by atoms with Crippen LogP contribution in [0.25, 0.3) is 0 Å². The molecule has 0 radical (unpaired) electrons. The second kappa shape index (κ2) is 6.23. The van der Waals surface area contributed by atoms with E-state index >= 15 is 0 Å². The molecule has 0 amide bonds. The number of aliphatic hydroxyl groups excluding tert-OH is 1. The van der Waals surface area contributed by atoms with Crippen molar-refractivity contribution >= 4 is 5.69 Å². The third-order valence-electron chi connectivity index (χ3n) is 4.20. The molecule has 1 aliphatic rings. The number of rotatable bonds is 3. The molecule has 3 N–H and O–H groups in total. The van der Waals surface area contributed by atoms with E-state index < -0.39 is 11.7 Å². The van der Waals surface area contributed by atoms with Crippen LogP contribution >= 0.6 is 0 Å². The lowest BCUT2D eigenvalue weighted by Gasteiger charge is -2.35. The lowest BCUT2D eigenvalue weighted by molar-refractivity contribution is -0.138. The Hall–Kier alpha value is -1.27. The molecule has 1 saturated heterocycles. The molecular weight excluding hydrogens is 281 g/mol. The first-order chi connectivity index (χ1) is 9.82. The molecule has 0 bridgehead atoms. The normalized spacial score (nSPS) is 18.9. The quantitative estimate of drug-likeness (QED) is 0.902. The number of piperidine rings is 1. The highest BCUT2D eigenvalue weighted by atomic mass is 19.4. The van der Waals surface area contributed by atoms with Crippen molar-refractivity contribution in [1.82, 2.24) is 0 Å². The molecule has 2 rings (SSSR count). The van der Waals surface area contributed by atoms with E-state index in [-0.39, 0.29) is 24.1 Å². The summed E-state index contributed by atoms with van der Waals surface area (Å²) in [5.41, 5.74) is 5.69. The van der Waals surface area contributed by atoms with Gasteiger partial charge < -0.3 is 15.7 Å². The van der Waals surface area contributed by atoms with Crippen LogP contribution in [-0.4, -0.2) is 24.3 Å². The summed E-state index contributed by atoms with van der Waals surface area (Å²) in [4.78, 5) is 2.05. The Balaban J connectivity index is 2.15. The summed E-state index contributed by atoms with van der Waals surface area (Å²) in [6.07, 6.45) is -3.01. The van der Waals surface area contributed by atoms with Crippen molar-refractivity contribution in [3.63, 3.8) is 0 Å². The van der Waals surface area contributed by atoms with E-state index in [9.17, 15) is 18.3 Å². The minimum Gasteiger partial charge on any atom is -0.393 e. The van der Waals surface area contributed by atoms with Crippen LogP contribution in [0.3, 0.4) is 0 Å². The summed E-state index contributed by atoms with van der Waals surface area (Å²) in [6, 6.07) is 4.15. The molecule has 1 unspecified atom stereocenters. The molecule has 1 aliphatic heterocycles. The van der Waals surface area contributed by atoms with E-state index in [1.807, 2.05) is 0 Å². The van der Waals surface area contributed by atoms with Crippen molar-refractivity contribution in [2.24, 2.45) is 11.7 Å². The van der Waals surface area contributed by atoms with Gasteiger partial charge in [0, 0.05) is 25.3 Å². The maximum absolute atomic E-state index is 12.9. The summed E-state index contributed by atoms with van der Waals surface area (Å²) < 4.78 is 38.6. The first-order valence-electron chi connectivity index (χ1n) is 7.16. The lowest BCUT2D eigenvalue weighted by Crippen LogP contribution is -2.37. The lowest BCUT2D eigenvalue weighted by atomic mass is 9.91. The van der Waals surface area contributed by atoms with Gasteiger partial charge >= 0.3 is 6.18 Å². The number of alkyl halides is 3. The third-order valence-corrected chi connectivity index (χ3v) is 4.20. The van der Waals surface area contributed by atoms with Crippen LogP contribution in [0, 0.1) is 5.92 Å². The van der Waals surface area contributed by atoms with Crippen LogP contribution in [0.15, 0.2) is 18.2 Å². The zero-order chi connectivity index (χ0) is 15.6. The van der Waals surface area contributed by atoms with Gasteiger partial charge in [-0.15, -0.1) is 0 Å². The standard InChI is InChI=1S/C15H21F3N2O/c1-10(21)11-4-6-20(7-5-11)13-2-3-14(15(16,17)18)12(8-13)9-19/h2-3,8,10-11,21H,4-7,9,19H2,1H3. The van der Waals surface area contributed by atoms with E-state index in [2.05, 4.69) is 4.90 Å². The van der Waals surface area contributed by atoms with Crippen molar-refractivity contribution in [1.29, 1.82) is 0 Å². The summed E-state index contributed by atoms with van der Waals surface area (Å²) >= 11 is 0. The van der Waals surface area contributed by atoms with Crippen LogP contribution in [-0.2, 0) is 12.7 Å². The highest BCUT2D eigenvalue weighted by Crippen LogP contribution is 2.34. The van der Waals surface area contributed by atoms with E-state index in [1.165, 1.54) is 12.1 Å². The van der Waals surface area contributed by atoms with Gasteiger partial charge in [0.05, 0.1) is 11.7 Å². The van der Waals surface area contributed by atoms with Crippen molar-refractivity contribution in [3.8, 4) is 0 Å². The first kappa shape index (κ1) is 16.1. The molecule has 3 nitrogen and oxygen atoms in total. The number of hydrogen-bond donors (Lipinski definition) is 2. The van der Waals surface area contributed by atoms with Gasteiger partial charge in [-0.2, -0.15) is 13.2 Å². The van der Waals surface area contributed by atoms with Crippen molar-refractivity contribution < 1.29 is 18.3 Å². The fraction of sp³-hybridized carbons (Fsp3) is 0.600. The van der Waals surface area contributed by atoms with Gasteiger partial charge in [0.2, 0.25) is 0 Å². The fourth-order valence-corrected chi connectivity index (χ4v) is 2.86. The molecular formula is C15H21F3N2O. The summed E-state index contributed by atoms with van der Waals surface area (Å²) in [5.74, 6) is 0.268. The first-order valence-corrected chi connectivity index (χ1v) is 7.16. The number of aliphatic hydroxyl groups is 1. The van der Waals surface area contributed by atoms with Gasteiger partial charge in [-0.05, 0) is 49.4 Å². The number of benzene rings is 1. The second-order valence-electron chi connectivity index (χ2n) is 5.61. The number of halogens is 3. The Labute approximate surface area is 122 Å². The van der Waals surface area contributed by atoms with Gasteiger partial charge in [-0.1, -0.05) is 0 Å².